The van der Waals surface area contributed by atoms with Crippen molar-refractivity contribution in [2.45, 2.75) is 46.5 Å². The van der Waals surface area contributed by atoms with Crippen molar-refractivity contribution < 1.29 is 4.79 Å². The Hall–Kier alpha value is -0.730. The van der Waals surface area contributed by atoms with Crippen LogP contribution in [0.15, 0.2) is 0 Å². The highest BCUT2D eigenvalue weighted by Gasteiger charge is 1.99. The third kappa shape index (κ3) is 9.36. The molecule has 0 rings (SSSR count). The SMILES string of the molecule is CCCCCCNC(=O)NCC(C)C. The Balaban J connectivity index is 3.18. The molecule has 0 radical (unpaired) electrons. The maximum Gasteiger partial charge on any atom is 0.314 e. The molecule has 14 heavy (non-hydrogen) atoms. The second-order valence-corrected chi connectivity index (χ2v) is 4.09. The second kappa shape index (κ2) is 8.85. The number of nitrogens with one attached hydrogen (secondary N) is 2. The van der Waals surface area contributed by atoms with Gasteiger partial charge in [-0.25, -0.2) is 4.79 Å². The average molecular weight is 200 g/mol. The Bertz CT molecular complexity index is 146. The van der Waals surface area contributed by atoms with E-state index in [9.17, 15) is 4.79 Å². The fourth-order valence-electron chi connectivity index (χ4n) is 1.11. The first-order valence-electron chi connectivity index (χ1n) is 5.68. The van der Waals surface area contributed by atoms with Crippen LogP contribution in [-0.2, 0) is 0 Å². The minimum absolute atomic E-state index is 0.0322. The van der Waals surface area contributed by atoms with Gasteiger partial charge in [0.15, 0.2) is 0 Å². The van der Waals surface area contributed by atoms with Gasteiger partial charge in [-0.1, -0.05) is 40.0 Å². The van der Waals surface area contributed by atoms with Crippen molar-refractivity contribution >= 4 is 6.03 Å². The van der Waals surface area contributed by atoms with Gasteiger partial charge in [0.1, 0.15) is 0 Å². The van der Waals surface area contributed by atoms with Crippen LogP contribution in [0.25, 0.3) is 0 Å². The molecule has 3 heteroatoms. The third-order valence-corrected chi connectivity index (χ3v) is 1.99. The van der Waals surface area contributed by atoms with Crippen LogP contribution in [0.1, 0.15) is 46.5 Å². The molecule has 0 spiro atoms. The fourth-order valence-corrected chi connectivity index (χ4v) is 1.11. The molecule has 0 aliphatic carbocycles. The monoisotopic (exact) mass is 200 g/mol. The molecule has 0 aromatic heterocycles. The predicted octanol–water partition coefficient (Wildman–Crippen LogP) is 2.52. The summed E-state index contributed by atoms with van der Waals surface area (Å²) in [5, 5.41) is 5.67. The highest BCUT2D eigenvalue weighted by molar-refractivity contribution is 5.73. The molecule has 0 saturated carbocycles. The molecule has 84 valence electrons. The van der Waals surface area contributed by atoms with Crippen molar-refractivity contribution in [3.8, 4) is 0 Å². The topological polar surface area (TPSA) is 41.1 Å². The molecule has 0 atom stereocenters. The summed E-state index contributed by atoms with van der Waals surface area (Å²) >= 11 is 0. The summed E-state index contributed by atoms with van der Waals surface area (Å²) in [5.41, 5.74) is 0. The molecule has 0 heterocycles. The van der Waals surface area contributed by atoms with Gasteiger partial charge in [0.05, 0.1) is 0 Å². The Morgan fingerprint density at radius 2 is 1.86 bits per heavy atom. The summed E-state index contributed by atoms with van der Waals surface area (Å²) in [6, 6.07) is -0.0322. The largest absolute Gasteiger partial charge is 0.338 e. The predicted molar refractivity (Wildman–Crippen MR) is 60.4 cm³/mol. The van der Waals surface area contributed by atoms with Gasteiger partial charge < -0.3 is 10.6 Å². The lowest BCUT2D eigenvalue weighted by molar-refractivity contribution is 0.239. The van der Waals surface area contributed by atoms with Crippen LogP contribution in [0.3, 0.4) is 0 Å². The zero-order valence-corrected chi connectivity index (χ0v) is 9.73. The smallest absolute Gasteiger partial charge is 0.314 e. The van der Waals surface area contributed by atoms with Crippen LogP contribution in [0.2, 0.25) is 0 Å². The lowest BCUT2D eigenvalue weighted by Gasteiger charge is -2.08. The van der Waals surface area contributed by atoms with Crippen molar-refractivity contribution in [2.24, 2.45) is 5.92 Å². The van der Waals surface area contributed by atoms with Gasteiger partial charge in [0.2, 0.25) is 0 Å². The number of urea groups is 1. The number of hydrogen-bond acceptors (Lipinski definition) is 1. The molecular formula is C11H24N2O. The van der Waals surface area contributed by atoms with Crippen LogP contribution < -0.4 is 10.6 Å². The molecule has 0 aliphatic heterocycles. The molecule has 0 saturated heterocycles. The quantitative estimate of drug-likeness (QED) is 0.609. The Morgan fingerprint density at radius 1 is 1.14 bits per heavy atom. The van der Waals surface area contributed by atoms with Crippen LogP contribution in [0, 0.1) is 5.92 Å². The van der Waals surface area contributed by atoms with E-state index < -0.39 is 0 Å². The van der Waals surface area contributed by atoms with Crippen molar-refractivity contribution in [1.29, 1.82) is 0 Å². The van der Waals surface area contributed by atoms with E-state index in [2.05, 4.69) is 31.4 Å². The lowest BCUT2D eigenvalue weighted by Crippen LogP contribution is -2.37. The molecule has 0 unspecified atom stereocenters. The minimum Gasteiger partial charge on any atom is -0.338 e. The number of hydrogen-bond donors (Lipinski definition) is 2. The molecule has 2 N–H and O–H groups in total. The van der Waals surface area contributed by atoms with Crippen LogP contribution in [0.5, 0.6) is 0 Å². The standard InChI is InChI=1S/C11H24N2O/c1-4-5-6-7-8-12-11(14)13-9-10(2)3/h10H,4-9H2,1-3H3,(H2,12,13,14). The Kier molecular flexibility index (Phi) is 8.39. The number of amides is 2. The van der Waals surface area contributed by atoms with Crippen LogP contribution in [0.4, 0.5) is 4.79 Å². The average Bonchev–Trinajstić information content (AvgIpc) is 2.14. The van der Waals surface area contributed by atoms with E-state index in [1.165, 1.54) is 19.3 Å². The van der Waals surface area contributed by atoms with Gasteiger partial charge >= 0.3 is 6.03 Å². The summed E-state index contributed by atoms with van der Waals surface area (Å²) in [4.78, 5) is 11.2. The lowest BCUT2D eigenvalue weighted by atomic mass is 10.2. The first-order chi connectivity index (χ1) is 6.66. The molecule has 3 nitrogen and oxygen atoms in total. The van der Waals surface area contributed by atoms with Crippen molar-refractivity contribution in [3.05, 3.63) is 0 Å². The van der Waals surface area contributed by atoms with Gasteiger partial charge in [0.25, 0.3) is 0 Å². The Labute approximate surface area is 87.6 Å². The number of carbonyl (C=O) groups excluding carboxylic acids is 1. The zero-order chi connectivity index (χ0) is 10.8. The number of unbranched alkanes of at least 4 members (excludes halogenated alkanes) is 3. The van der Waals surface area contributed by atoms with Crippen molar-refractivity contribution in [1.82, 2.24) is 10.6 Å². The molecule has 0 fully saturated rings. The van der Waals surface area contributed by atoms with Gasteiger partial charge in [0, 0.05) is 13.1 Å². The maximum atomic E-state index is 11.2. The van der Waals surface area contributed by atoms with E-state index in [0.717, 1.165) is 19.5 Å². The van der Waals surface area contributed by atoms with Crippen molar-refractivity contribution in [3.63, 3.8) is 0 Å². The first-order valence-corrected chi connectivity index (χ1v) is 5.68. The van der Waals surface area contributed by atoms with Crippen LogP contribution in [-0.4, -0.2) is 19.1 Å². The van der Waals surface area contributed by atoms with E-state index >= 15 is 0 Å². The second-order valence-electron chi connectivity index (χ2n) is 4.09. The number of rotatable bonds is 7. The fraction of sp³-hybridized carbons (Fsp3) is 0.909. The van der Waals surface area contributed by atoms with E-state index in [4.69, 9.17) is 0 Å². The normalized spacial score (nSPS) is 10.3. The van der Waals surface area contributed by atoms with Crippen molar-refractivity contribution in [2.75, 3.05) is 13.1 Å². The van der Waals surface area contributed by atoms with Gasteiger partial charge in [-0.05, 0) is 12.3 Å². The molecule has 0 aromatic rings. The highest BCUT2D eigenvalue weighted by Crippen LogP contribution is 1.96. The van der Waals surface area contributed by atoms with E-state index in [0.29, 0.717) is 5.92 Å². The molecule has 2 amide bonds. The summed E-state index contributed by atoms with van der Waals surface area (Å²) in [6.07, 6.45) is 4.79. The summed E-state index contributed by atoms with van der Waals surface area (Å²) in [5.74, 6) is 0.515. The summed E-state index contributed by atoms with van der Waals surface area (Å²) in [6.45, 7) is 7.90. The molecule has 0 aromatic carbocycles. The minimum atomic E-state index is -0.0322. The van der Waals surface area contributed by atoms with E-state index in [1.807, 2.05) is 0 Å². The Morgan fingerprint density at radius 3 is 2.43 bits per heavy atom. The van der Waals surface area contributed by atoms with E-state index in [-0.39, 0.29) is 6.03 Å². The maximum absolute atomic E-state index is 11.2. The third-order valence-electron chi connectivity index (χ3n) is 1.99. The van der Waals surface area contributed by atoms with Gasteiger partial charge in [-0.3, -0.25) is 0 Å². The highest BCUT2D eigenvalue weighted by atomic mass is 16.2. The first kappa shape index (κ1) is 13.3. The molecule has 0 bridgehead atoms. The summed E-state index contributed by atoms with van der Waals surface area (Å²) < 4.78 is 0. The van der Waals surface area contributed by atoms with Gasteiger partial charge in [-0.2, -0.15) is 0 Å². The number of carbonyl (C=O) groups is 1. The van der Waals surface area contributed by atoms with E-state index in [1.54, 1.807) is 0 Å². The van der Waals surface area contributed by atoms with Gasteiger partial charge in [-0.15, -0.1) is 0 Å². The zero-order valence-electron chi connectivity index (χ0n) is 9.73. The van der Waals surface area contributed by atoms with Crippen LogP contribution >= 0.6 is 0 Å². The molecule has 0 aliphatic rings. The summed E-state index contributed by atoms with van der Waals surface area (Å²) in [7, 11) is 0. The molecular weight excluding hydrogens is 176 g/mol.